The summed E-state index contributed by atoms with van der Waals surface area (Å²) in [5, 5.41) is 0. The van der Waals surface area contributed by atoms with Crippen LogP contribution in [0.3, 0.4) is 0 Å². The SMILES string of the molecule is Cc1c(Br)ccc(OC(F)(F)CO[Si](C(C)C)(C(C)C)C(C)C)c1F. The van der Waals surface area contributed by atoms with Crippen molar-refractivity contribution < 1.29 is 22.3 Å². The number of halogens is 4. The number of hydrogen-bond donors (Lipinski definition) is 0. The van der Waals surface area contributed by atoms with E-state index in [9.17, 15) is 13.2 Å². The van der Waals surface area contributed by atoms with Gasteiger partial charge in [0.2, 0.25) is 8.32 Å². The fraction of sp³-hybridized carbons (Fsp3) is 0.667. The van der Waals surface area contributed by atoms with Crippen LogP contribution in [0.5, 0.6) is 5.75 Å². The molecule has 0 saturated carbocycles. The highest BCUT2D eigenvalue weighted by Crippen LogP contribution is 2.43. The zero-order chi connectivity index (χ0) is 19.6. The van der Waals surface area contributed by atoms with E-state index in [0.29, 0.717) is 4.47 Å². The van der Waals surface area contributed by atoms with Crippen LogP contribution >= 0.6 is 15.9 Å². The third-order valence-corrected chi connectivity index (χ3v) is 11.7. The third kappa shape index (κ3) is 5.01. The minimum Gasteiger partial charge on any atom is -0.428 e. The maximum atomic E-state index is 14.3. The lowest BCUT2D eigenvalue weighted by Crippen LogP contribution is -2.50. The van der Waals surface area contributed by atoms with Crippen molar-refractivity contribution in [2.24, 2.45) is 0 Å². The number of hydrogen-bond acceptors (Lipinski definition) is 2. The van der Waals surface area contributed by atoms with Crippen LogP contribution in [0.1, 0.15) is 47.1 Å². The second-order valence-electron chi connectivity index (χ2n) is 7.33. The predicted octanol–water partition coefficient (Wildman–Crippen LogP) is 7.06. The molecule has 0 aromatic heterocycles. The van der Waals surface area contributed by atoms with Gasteiger partial charge in [-0.1, -0.05) is 57.5 Å². The second kappa shape index (κ2) is 8.44. The van der Waals surface area contributed by atoms with Gasteiger partial charge in [0.1, 0.15) is 6.61 Å². The van der Waals surface area contributed by atoms with Crippen LogP contribution in [-0.4, -0.2) is 21.0 Å². The lowest BCUT2D eigenvalue weighted by atomic mass is 10.2. The normalized spacial score (nSPS) is 13.2. The summed E-state index contributed by atoms with van der Waals surface area (Å²) in [6, 6.07) is 2.68. The van der Waals surface area contributed by atoms with Crippen LogP contribution in [0.4, 0.5) is 13.2 Å². The summed E-state index contributed by atoms with van der Waals surface area (Å²) < 4.78 is 53.9. The summed E-state index contributed by atoms with van der Waals surface area (Å²) in [6.07, 6.45) is -3.60. The molecular weight excluding hydrogens is 413 g/mol. The summed E-state index contributed by atoms with van der Waals surface area (Å²) in [4.78, 5) is 0. The van der Waals surface area contributed by atoms with Crippen molar-refractivity contribution >= 4 is 24.2 Å². The monoisotopic (exact) mass is 440 g/mol. The smallest absolute Gasteiger partial charge is 0.420 e. The molecule has 144 valence electrons. The number of benzene rings is 1. The Balaban J connectivity index is 2.99. The Kier molecular flexibility index (Phi) is 7.60. The lowest BCUT2D eigenvalue weighted by molar-refractivity contribution is -0.199. The molecule has 0 fully saturated rings. The zero-order valence-electron chi connectivity index (χ0n) is 15.9. The van der Waals surface area contributed by atoms with Gasteiger partial charge in [0.15, 0.2) is 11.6 Å². The van der Waals surface area contributed by atoms with Crippen molar-refractivity contribution in [3.05, 3.63) is 28.0 Å². The van der Waals surface area contributed by atoms with Crippen LogP contribution in [0.2, 0.25) is 16.6 Å². The van der Waals surface area contributed by atoms with Gasteiger partial charge in [0.05, 0.1) is 0 Å². The molecule has 0 atom stereocenters. The highest BCUT2D eigenvalue weighted by molar-refractivity contribution is 9.10. The largest absolute Gasteiger partial charge is 0.428 e. The van der Waals surface area contributed by atoms with Gasteiger partial charge in [-0.2, -0.15) is 8.78 Å². The fourth-order valence-corrected chi connectivity index (χ4v) is 9.34. The van der Waals surface area contributed by atoms with E-state index in [0.717, 1.165) is 0 Å². The predicted molar refractivity (Wildman–Crippen MR) is 101 cm³/mol. The van der Waals surface area contributed by atoms with Crippen molar-refractivity contribution in [3.63, 3.8) is 0 Å². The number of ether oxygens (including phenoxy) is 1. The highest BCUT2D eigenvalue weighted by atomic mass is 79.9. The van der Waals surface area contributed by atoms with Crippen LogP contribution in [-0.2, 0) is 4.43 Å². The Morgan fingerprint density at radius 2 is 1.52 bits per heavy atom. The molecule has 7 heteroatoms. The van der Waals surface area contributed by atoms with Crippen molar-refractivity contribution in [1.82, 2.24) is 0 Å². The van der Waals surface area contributed by atoms with E-state index in [-0.39, 0.29) is 22.2 Å². The van der Waals surface area contributed by atoms with Gasteiger partial charge in [-0.15, -0.1) is 0 Å². The Bertz CT molecular complexity index is 570. The van der Waals surface area contributed by atoms with Gasteiger partial charge < -0.3 is 9.16 Å². The standard InChI is InChI=1S/C18H28BrF3O2Si/c1-11(2)25(12(3)4,13(5)6)23-10-18(21,22)24-16-9-8-15(19)14(7)17(16)20/h8-9,11-13H,10H2,1-7H3. The Morgan fingerprint density at radius 1 is 1.04 bits per heavy atom. The average molecular weight is 441 g/mol. The second-order valence-corrected chi connectivity index (χ2v) is 13.6. The van der Waals surface area contributed by atoms with E-state index >= 15 is 0 Å². The van der Waals surface area contributed by atoms with Crippen molar-refractivity contribution in [2.45, 2.75) is 71.2 Å². The van der Waals surface area contributed by atoms with Gasteiger partial charge in [-0.3, -0.25) is 0 Å². The van der Waals surface area contributed by atoms with Crippen molar-refractivity contribution in [2.75, 3.05) is 6.61 Å². The first-order valence-corrected chi connectivity index (χ1v) is 11.4. The topological polar surface area (TPSA) is 18.5 Å². The van der Waals surface area contributed by atoms with Gasteiger partial charge in [0.25, 0.3) is 0 Å². The van der Waals surface area contributed by atoms with E-state index in [1.807, 2.05) is 41.5 Å². The first-order valence-electron chi connectivity index (χ1n) is 8.50. The van der Waals surface area contributed by atoms with Crippen LogP contribution in [0.15, 0.2) is 16.6 Å². The summed E-state index contributed by atoms with van der Waals surface area (Å²) in [7, 11) is -2.45. The van der Waals surface area contributed by atoms with E-state index in [2.05, 4.69) is 20.7 Å². The first kappa shape index (κ1) is 22.5. The number of alkyl halides is 2. The van der Waals surface area contributed by atoms with E-state index in [1.165, 1.54) is 19.1 Å². The molecule has 1 aromatic rings. The molecule has 0 amide bonds. The summed E-state index contributed by atoms with van der Waals surface area (Å²) in [6.45, 7) is 12.7. The van der Waals surface area contributed by atoms with E-state index in [1.54, 1.807) is 0 Å². The summed E-state index contributed by atoms with van der Waals surface area (Å²) in [5.74, 6) is -1.27. The molecule has 0 unspecified atom stereocenters. The third-order valence-electron chi connectivity index (χ3n) is 4.74. The molecule has 0 N–H and O–H groups in total. The van der Waals surface area contributed by atoms with Gasteiger partial charge in [-0.25, -0.2) is 4.39 Å². The van der Waals surface area contributed by atoms with Gasteiger partial charge in [0, 0.05) is 10.0 Å². The maximum absolute atomic E-state index is 14.3. The highest BCUT2D eigenvalue weighted by Gasteiger charge is 2.48. The van der Waals surface area contributed by atoms with Gasteiger partial charge >= 0.3 is 6.11 Å². The maximum Gasteiger partial charge on any atom is 0.420 e. The van der Waals surface area contributed by atoms with Crippen LogP contribution in [0, 0.1) is 12.7 Å². The minimum atomic E-state index is -3.60. The molecular formula is C18H28BrF3O2Si. The first-order chi connectivity index (χ1) is 11.3. The van der Waals surface area contributed by atoms with Crippen LogP contribution in [0.25, 0.3) is 0 Å². The van der Waals surface area contributed by atoms with Gasteiger partial charge in [-0.05, 0) is 35.7 Å². The molecule has 0 radical (unpaired) electrons. The Morgan fingerprint density at radius 3 is 1.96 bits per heavy atom. The molecule has 1 rings (SSSR count). The molecule has 0 saturated heterocycles. The fourth-order valence-electron chi connectivity index (χ4n) is 3.61. The average Bonchev–Trinajstić information content (AvgIpc) is 2.47. The molecule has 0 aliphatic carbocycles. The summed E-state index contributed by atoms with van der Waals surface area (Å²) >= 11 is 3.16. The number of rotatable bonds is 8. The van der Waals surface area contributed by atoms with E-state index < -0.39 is 32.6 Å². The Hall–Kier alpha value is -0.533. The molecule has 1 aromatic carbocycles. The van der Waals surface area contributed by atoms with Crippen LogP contribution < -0.4 is 4.74 Å². The molecule has 2 nitrogen and oxygen atoms in total. The zero-order valence-corrected chi connectivity index (χ0v) is 18.5. The molecule has 0 aliphatic rings. The molecule has 0 spiro atoms. The van der Waals surface area contributed by atoms with E-state index in [4.69, 9.17) is 4.43 Å². The lowest BCUT2D eigenvalue weighted by Gasteiger charge is -2.42. The Labute approximate surface area is 158 Å². The molecule has 25 heavy (non-hydrogen) atoms. The summed E-state index contributed by atoms with van der Waals surface area (Å²) in [5.41, 5.74) is 0.754. The quantitative estimate of drug-likeness (QED) is 0.402. The minimum absolute atomic E-state index is 0.176. The molecule has 0 heterocycles. The van der Waals surface area contributed by atoms with Crippen molar-refractivity contribution in [1.29, 1.82) is 0 Å². The molecule has 0 bridgehead atoms. The molecule has 0 aliphatic heterocycles. The van der Waals surface area contributed by atoms with Crippen molar-refractivity contribution in [3.8, 4) is 5.75 Å².